The summed E-state index contributed by atoms with van der Waals surface area (Å²) in [5.74, 6) is 0.119. The fourth-order valence-corrected chi connectivity index (χ4v) is 1.95. The van der Waals surface area contributed by atoms with Gasteiger partial charge >= 0.3 is 0 Å². The lowest BCUT2D eigenvalue weighted by atomic mass is 9.89. The molecule has 0 saturated carbocycles. The van der Waals surface area contributed by atoms with Crippen LogP contribution in [0.15, 0.2) is 0 Å². The Morgan fingerprint density at radius 3 is 2.86 bits per heavy atom. The Kier molecular flexibility index (Phi) is 2.27. The second-order valence-corrected chi connectivity index (χ2v) is 4.59. The molecule has 4 heteroatoms. The van der Waals surface area contributed by atoms with Crippen LogP contribution >= 0.6 is 0 Å². The molecule has 0 aromatic carbocycles. The third-order valence-electron chi connectivity index (χ3n) is 2.87. The molecule has 80 valence electrons. The molecule has 0 aromatic heterocycles. The van der Waals surface area contributed by atoms with Crippen molar-refractivity contribution in [1.29, 1.82) is 0 Å². The van der Waals surface area contributed by atoms with Crippen molar-refractivity contribution in [2.24, 2.45) is 5.41 Å². The normalized spacial score (nSPS) is 39.6. The van der Waals surface area contributed by atoms with E-state index >= 15 is 0 Å². The van der Waals surface area contributed by atoms with Crippen molar-refractivity contribution in [3.8, 4) is 0 Å². The summed E-state index contributed by atoms with van der Waals surface area (Å²) in [5.41, 5.74) is -0.257. The Bertz CT molecular complexity index is 252. The maximum absolute atomic E-state index is 11.5. The number of hydrogen-bond donors (Lipinski definition) is 1. The molecule has 2 aliphatic rings. The molecule has 1 amide bonds. The summed E-state index contributed by atoms with van der Waals surface area (Å²) < 4.78 is 10.7. The number of amides is 1. The predicted octanol–water partition coefficient (Wildman–Crippen LogP) is 0.662. The van der Waals surface area contributed by atoms with E-state index in [1.165, 1.54) is 0 Å². The molecule has 2 rings (SSSR count). The van der Waals surface area contributed by atoms with E-state index in [1.54, 1.807) is 0 Å². The lowest BCUT2D eigenvalue weighted by Crippen LogP contribution is -2.32. The molecule has 2 saturated heterocycles. The van der Waals surface area contributed by atoms with E-state index in [4.69, 9.17) is 9.47 Å². The van der Waals surface area contributed by atoms with Crippen molar-refractivity contribution >= 4 is 5.91 Å². The fraction of sp³-hybridized carbons (Fsp3) is 0.900. The highest BCUT2D eigenvalue weighted by Crippen LogP contribution is 2.37. The van der Waals surface area contributed by atoms with Gasteiger partial charge in [-0.1, -0.05) is 13.8 Å². The van der Waals surface area contributed by atoms with Crippen molar-refractivity contribution < 1.29 is 14.3 Å². The van der Waals surface area contributed by atoms with Gasteiger partial charge in [0.2, 0.25) is 5.91 Å². The first kappa shape index (κ1) is 9.93. The topological polar surface area (TPSA) is 50.9 Å². The largest absolute Gasteiger partial charge is 0.350 e. The summed E-state index contributed by atoms with van der Waals surface area (Å²) in [6.07, 6.45) is 0.806. The first-order valence-electron chi connectivity index (χ1n) is 5.12. The molecule has 4 nitrogen and oxygen atoms in total. The number of carbonyl (C=O) groups is 1. The molecular weight excluding hydrogens is 182 g/mol. The minimum Gasteiger partial charge on any atom is -0.350 e. The Hall–Kier alpha value is -0.610. The molecule has 2 aliphatic heterocycles. The van der Waals surface area contributed by atoms with E-state index in [0.29, 0.717) is 6.61 Å². The minimum absolute atomic E-state index is 0.0701. The molecule has 0 aromatic rings. The molecule has 0 spiro atoms. The summed E-state index contributed by atoms with van der Waals surface area (Å²) in [4.78, 5) is 11.5. The number of epoxide rings is 1. The Morgan fingerprint density at radius 2 is 2.36 bits per heavy atom. The summed E-state index contributed by atoms with van der Waals surface area (Å²) in [5, 5.41) is 2.95. The van der Waals surface area contributed by atoms with Crippen molar-refractivity contribution in [2.45, 2.75) is 45.6 Å². The number of ether oxygens (including phenoxy) is 2. The van der Waals surface area contributed by atoms with Crippen molar-refractivity contribution in [3.63, 3.8) is 0 Å². The Labute approximate surface area is 84.0 Å². The number of nitrogens with one attached hydrogen (secondary N) is 1. The number of hydrogen-bond acceptors (Lipinski definition) is 3. The lowest BCUT2D eigenvalue weighted by Gasteiger charge is -2.11. The van der Waals surface area contributed by atoms with Gasteiger partial charge in [0.15, 0.2) is 6.29 Å². The van der Waals surface area contributed by atoms with Crippen LogP contribution in [0.4, 0.5) is 0 Å². The minimum atomic E-state index is -0.257. The molecule has 0 aliphatic carbocycles. The van der Waals surface area contributed by atoms with E-state index in [1.807, 2.05) is 20.8 Å². The molecule has 0 bridgehead atoms. The average molecular weight is 199 g/mol. The maximum Gasteiger partial charge on any atom is 0.226 e. The van der Waals surface area contributed by atoms with Gasteiger partial charge in [0.1, 0.15) is 6.10 Å². The molecule has 2 fully saturated rings. The van der Waals surface area contributed by atoms with E-state index < -0.39 is 0 Å². The Morgan fingerprint density at radius 1 is 1.64 bits per heavy atom. The standard InChI is InChI=1S/C10H17NO3/c1-4-13-8-7(14-8)6-5-10(2,3)9(12)11-6/h6-8H,4-5H2,1-3H3,(H,11,12). The highest BCUT2D eigenvalue weighted by atomic mass is 16.8. The van der Waals surface area contributed by atoms with Gasteiger partial charge in [0.25, 0.3) is 0 Å². The van der Waals surface area contributed by atoms with Crippen molar-refractivity contribution in [2.75, 3.05) is 6.61 Å². The van der Waals surface area contributed by atoms with Crippen LogP contribution in [0, 0.1) is 5.41 Å². The van der Waals surface area contributed by atoms with E-state index in [2.05, 4.69) is 5.32 Å². The SMILES string of the molecule is CCOC1OC1C1CC(C)(C)C(=O)N1. The van der Waals surface area contributed by atoms with E-state index in [0.717, 1.165) is 6.42 Å². The van der Waals surface area contributed by atoms with Crippen LogP contribution in [-0.2, 0) is 14.3 Å². The highest BCUT2D eigenvalue weighted by molar-refractivity contribution is 5.84. The van der Waals surface area contributed by atoms with Gasteiger partial charge in [-0.2, -0.15) is 0 Å². The zero-order valence-corrected chi connectivity index (χ0v) is 8.87. The van der Waals surface area contributed by atoms with Crippen LogP contribution in [0.5, 0.6) is 0 Å². The molecule has 3 atom stereocenters. The summed E-state index contributed by atoms with van der Waals surface area (Å²) in [6.45, 7) is 6.52. The molecule has 3 unspecified atom stereocenters. The van der Waals surface area contributed by atoms with E-state index in [-0.39, 0.29) is 29.8 Å². The second-order valence-electron chi connectivity index (χ2n) is 4.59. The van der Waals surface area contributed by atoms with Crippen LogP contribution in [0.25, 0.3) is 0 Å². The second kappa shape index (κ2) is 3.21. The van der Waals surface area contributed by atoms with Crippen LogP contribution < -0.4 is 5.32 Å². The van der Waals surface area contributed by atoms with Gasteiger partial charge in [0, 0.05) is 12.0 Å². The van der Waals surface area contributed by atoms with Gasteiger partial charge in [-0.05, 0) is 13.3 Å². The van der Waals surface area contributed by atoms with Gasteiger partial charge in [0.05, 0.1) is 6.04 Å². The lowest BCUT2D eigenvalue weighted by molar-refractivity contribution is -0.126. The smallest absolute Gasteiger partial charge is 0.226 e. The molecule has 0 radical (unpaired) electrons. The molecule has 14 heavy (non-hydrogen) atoms. The third-order valence-corrected chi connectivity index (χ3v) is 2.87. The Balaban J connectivity index is 1.89. The average Bonchev–Trinajstić information content (AvgIpc) is 2.77. The fourth-order valence-electron chi connectivity index (χ4n) is 1.95. The van der Waals surface area contributed by atoms with Crippen molar-refractivity contribution in [3.05, 3.63) is 0 Å². The number of rotatable bonds is 3. The van der Waals surface area contributed by atoms with Crippen LogP contribution in [-0.4, -0.2) is 30.9 Å². The van der Waals surface area contributed by atoms with E-state index in [9.17, 15) is 4.79 Å². The first-order chi connectivity index (χ1) is 6.54. The van der Waals surface area contributed by atoms with Gasteiger partial charge in [-0.3, -0.25) is 4.79 Å². The van der Waals surface area contributed by atoms with Crippen LogP contribution in [0.1, 0.15) is 27.2 Å². The summed E-state index contributed by atoms with van der Waals surface area (Å²) >= 11 is 0. The molecule has 1 N–H and O–H groups in total. The van der Waals surface area contributed by atoms with Crippen LogP contribution in [0.2, 0.25) is 0 Å². The summed E-state index contributed by atoms with van der Waals surface area (Å²) in [7, 11) is 0. The maximum atomic E-state index is 11.5. The third kappa shape index (κ3) is 1.64. The first-order valence-corrected chi connectivity index (χ1v) is 5.12. The van der Waals surface area contributed by atoms with Crippen molar-refractivity contribution in [1.82, 2.24) is 5.32 Å². The van der Waals surface area contributed by atoms with Crippen LogP contribution in [0.3, 0.4) is 0 Å². The number of carbonyl (C=O) groups excluding carboxylic acids is 1. The summed E-state index contributed by atoms with van der Waals surface area (Å²) in [6, 6.07) is 0.133. The zero-order chi connectivity index (χ0) is 10.3. The molecule has 2 heterocycles. The highest BCUT2D eigenvalue weighted by Gasteiger charge is 2.52. The quantitative estimate of drug-likeness (QED) is 0.679. The zero-order valence-electron chi connectivity index (χ0n) is 8.87. The van der Waals surface area contributed by atoms with Gasteiger partial charge < -0.3 is 14.8 Å². The van der Waals surface area contributed by atoms with Gasteiger partial charge in [-0.25, -0.2) is 0 Å². The molecular formula is C10H17NO3. The van der Waals surface area contributed by atoms with Gasteiger partial charge in [-0.15, -0.1) is 0 Å². The predicted molar refractivity (Wildman–Crippen MR) is 50.6 cm³/mol. The monoisotopic (exact) mass is 199 g/mol.